The molecule has 0 spiro atoms. The first kappa shape index (κ1) is 10.6. The number of ether oxygens (including phenoxy) is 2. The van der Waals surface area contributed by atoms with Gasteiger partial charge in [0.2, 0.25) is 0 Å². The second-order valence-electron chi connectivity index (χ2n) is 4.79. The van der Waals surface area contributed by atoms with E-state index >= 15 is 0 Å². The lowest BCUT2D eigenvalue weighted by atomic mass is 10.0. The van der Waals surface area contributed by atoms with E-state index in [1.165, 1.54) is 28.7 Å². The van der Waals surface area contributed by atoms with Crippen LogP contribution in [0.3, 0.4) is 0 Å². The molecule has 1 atom stereocenters. The average molecular weight is 229 g/mol. The molecule has 0 amide bonds. The van der Waals surface area contributed by atoms with E-state index < -0.39 is 0 Å². The number of methoxy groups -OCH3 is 1. The van der Waals surface area contributed by atoms with Crippen molar-refractivity contribution >= 4 is 0 Å². The molecule has 0 fully saturated rings. The molecule has 0 heterocycles. The summed E-state index contributed by atoms with van der Waals surface area (Å²) in [6.45, 7) is 0. The van der Waals surface area contributed by atoms with Gasteiger partial charge in [-0.3, -0.25) is 0 Å². The quantitative estimate of drug-likeness (QED) is 0.730. The number of hydrogen-bond acceptors (Lipinski definition) is 3. The Labute approximate surface area is 101 Å². The monoisotopic (exact) mass is 229 g/mol. The van der Waals surface area contributed by atoms with Crippen LogP contribution in [0.1, 0.15) is 28.7 Å². The third kappa shape index (κ3) is 1.60. The first-order valence-electron chi connectivity index (χ1n) is 6.08. The van der Waals surface area contributed by atoms with E-state index in [1.54, 1.807) is 7.11 Å². The predicted octanol–water partition coefficient (Wildman–Crippen LogP) is 2.15. The number of nitrogens with zero attached hydrogens (tertiary/aromatic N) is 1. The SMILES string of the molecule is COC1Cc2cc3c(c(OC#N)c2C1)CCC3. The Morgan fingerprint density at radius 1 is 1.24 bits per heavy atom. The molecular formula is C14H15NO2. The van der Waals surface area contributed by atoms with E-state index in [4.69, 9.17) is 14.7 Å². The number of rotatable bonds is 2. The highest BCUT2D eigenvalue weighted by Crippen LogP contribution is 2.40. The Morgan fingerprint density at radius 2 is 2.12 bits per heavy atom. The highest BCUT2D eigenvalue weighted by Gasteiger charge is 2.29. The van der Waals surface area contributed by atoms with E-state index in [0.717, 1.165) is 31.4 Å². The van der Waals surface area contributed by atoms with Crippen molar-refractivity contribution < 1.29 is 9.47 Å². The fourth-order valence-electron chi connectivity index (χ4n) is 3.10. The molecule has 2 aliphatic rings. The number of aryl methyl sites for hydroxylation is 1. The maximum atomic E-state index is 8.80. The summed E-state index contributed by atoms with van der Waals surface area (Å²) in [6, 6.07) is 2.29. The first-order chi connectivity index (χ1) is 8.33. The van der Waals surface area contributed by atoms with Gasteiger partial charge >= 0.3 is 0 Å². The molecule has 2 aliphatic carbocycles. The van der Waals surface area contributed by atoms with Crippen molar-refractivity contribution in [1.29, 1.82) is 5.26 Å². The molecule has 1 aromatic carbocycles. The molecule has 1 unspecified atom stereocenters. The maximum absolute atomic E-state index is 8.80. The molecule has 3 rings (SSSR count). The minimum absolute atomic E-state index is 0.244. The summed E-state index contributed by atoms with van der Waals surface area (Å²) in [7, 11) is 1.75. The van der Waals surface area contributed by atoms with Crippen molar-refractivity contribution in [2.24, 2.45) is 0 Å². The Hall–Kier alpha value is -1.53. The molecule has 1 aromatic rings. The van der Waals surface area contributed by atoms with Crippen LogP contribution in [0.4, 0.5) is 0 Å². The number of nitriles is 1. The van der Waals surface area contributed by atoms with Crippen LogP contribution >= 0.6 is 0 Å². The first-order valence-corrected chi connectivity index (χ1v) is 6.08. The Morgan fingerprint density at radius 3 is 2.88 bits per heavy atom. The summed E-state index contributed by atoms with van der Waals surface area (Å²) in [6.07, 6.45) is 7.22. The fourth-order valence-corrected chi connectivity index (χ4v) is 3.10. The van der Waals surface area contributed by atoms with Crippen molar-refractivity contribution in [3.05, 3.63) is 28.3 Å². The van der Waals surface area contributed by atoms with Crippen molar-refractivity contribution in [2.45, 2.75) is 38.2 Å². The van der Waals surface area contributed by atoms with Crippen molar-refractivity contribution in [3.8, 4) is 12.0 Å². The molecule has 0 saturated carbocycles. The molecule has 0 N–H and O–H groups in total. The zero-order valence-electron chi connectivity index (χ0n) is 9.95. The summed E-state index contributed by atoms with van der Waals surface area (Å²) < 4.78 is 10.7. The summed E-state index contributed by atoms with van der Waals surface area (Å²) in [4.78, 5) is 0. The zero-order valence-corrected chi connectivity index (χ0v) is 9.95. The second kappa shape index (κ2) is 4.05. The Bertz CT molecular complexity index is 502. The summed E-state index contributed by atoms with van der Waals surface area (Å²) in [5.41, 5.74) is 5.12. The Kier molecular flexibility index (Phi) is 2.53. The fraction of sp³-hybridized carbons (Fsp3) is 0.500. The predicted molar refractivity (Wildman–Crippen MR) is 62.9 cm³/mol. The van der Waals surface area contributed by atoms with Gasteiger partial charge in [-0.2, -0.15) is 0 Å². The van der Waals surface area contributed by atoms with Crippen LogP contribution in [-0.2, 0) is 30.4 Å². The van der Waals surface area contributed by atoms with Gasteiger partial charge in [-0.25, -0.2) is 0 Å². The van der Waals surface area contributed by atoms with Crippen LogP contribution in [0.5, 0.6) is 5.75 Å². The third-order valence-corrected chi connectivity index (χ3v) is 3.91. The Balaban J connectivity index is 2.10. The summed E-state index contributed by atoms with van der Waals surface area (Å²) >= 11 is 0. The molecule has 0 aliphatic heterocycles. The highest BCUT2D eigenvalue weighted by atomic mass is 16.5. The van der Waals surface area contributed by atoms with Gasteiger partial charge in [0, 0.05) is 19.1 Å². The molecule has 17 heavy (non-hydrogen) atoms. The van der Waals surface area contributed by atoms with E-state index in [9.17, 15) is 0 Å². The van der Waals surface area contributed by atoms with Gasteiger partial charge in [0.1, 0.15) is 5.75 Å². The molecule has 0 aromatic heterocycles. The van der Waals surface area contributed by atoms with Gasteiger partial charge in [-0.1, -0.05) is 6.07 Å². The van der Waals surface area contributed by atoms with Crippen molar-refractivity contribution in [2.75, 3.05) is 7.11 Å². The second-order valence-corrected chi connectivity index (χ2v) is 4.79. The number of hydrogen-bond donors (Lipinski definition) is 0. The van der Waals surface area contributed by atoms with Gasteiger partial charge in [0.05, 0.1) is 6.10 Å². The summed E-state index contributed by atoms with van der Waals surface area (Å²) in [5.74, 6) is 0.831. The molecule has 88 valence electrons. The maximum Gasteiger partial charge on any atom is 0.292 e. The van der Waals surface area contributed by atoms with E-state index in [2.05, 4.69) is 6.07 Å². The van der Waals surface area contributed by atoms with Gasteiger partial charge < -0.3 is 9.47 Å². The van der Waals surface area contributed by atoms with Crippen LogP contribution < -0.4 is 4.74 Å². The standard InChI is InChI=1S/C14H15NO2/c1-16-11-6-10-5-9-3-2-4-12(9)14(17-8-15)13(10)7-11/h5,11H,2-4,6-7H2,1H3. The van der Waals surface area contributed by atoms with E-state index in [0.29, 0.717) is 0 Å². The smallest absolute Gasteiger partial charge is 0.292 e. The number of benzene rings is 1. The highest BCUT2D eigenvalue weighted by molar-refractivity contribution is 5.55. The van der Waals surface area contributed by atoms with Crippen LogP contribution in [0.25, 0.3) is 0 Å². The average Bonchev–Trinajstić information content (AvgIpc) is 2.94. The van der Waals surface area contributed by atoms with Gasteiger partial charge in [0.15, 0.2) is 0 Å². The van der Waals surface area contributed by atoms with E-state index in [-0.39, 0.29) is 6.10 Å². The topological polar surface area (TPSA) is 42.2 Å². The van der Waals surface area contributed by atoms with Crippen LogP contribution in [0.15, 0.2) is 6.07 Å². The third-order valence-electron chi connectivity index (χ3n) is 3.91. The van der Waals surface area contributed by atoms with Gasteiger partial charge in [-0.05, 0) is 42.4 Å². The molecule has 0 bridgehead atoms. The molecule has 3 nitrogen and oxygen atoms in total. The van der Waals surface area contributed by atoms with Crippen molar-refractivity contribution in [1.82, 2.24) is 0 Å². The van der Waals surface area contributed by atoms with E-state index in [1.807, 2.05) is 6.26 Å². The van der Waals surface area contributed by atoms with Crippen molar-refractivity contribution in [3.63, 3.8) is 0 Å². The van der Waals surface area contributed by atoms with Crippen LogP contribution in [-0.4, -0.2) is 13.2 Å². The molecule has 0 saturated heterocycles. The molecular weight excluding hydrogens is 214 g/mol. The minimum atomic E-state index is 0.244. The van der Waals surface area contributed by atoms with Gasteiger partial charge in [-0.15, -0.1) is 5.26 Å². The molecule has 0 radical (unpaired) electrons. The zero-order chi connectivity index (χ0) is 11.8. The largest absolute Gasteiger partial charge is 0.387 e. The minimum Gasteiger partial charge on any atom is -0.387 e. The lowest BCUT2D eigenvalue weighted by Crippen LogP contribution is -2.09. The normalized spacial score (nSPS) is 20.8. The lowest BCUT2D eigenvalue weighted by molar-refractivity contribution is 0.112. The number of fused-ring (bicyclic) bond motifs is 2. The van der Waals surface area contributed by atoms with Gasteiger partial charge in [0.25, 0.3) is 6.26 Å². The molecule has 3 heteroatoms. The van der Waals surface area contributed by atoms with Crippen LogP contribution in [0, 0.1) is 11.5 Å². The van der Waals surface area contributed by atoms with Crippen LogP contribution in [0.2, 0.25) is 0 Å². The summed E-state index contributed by atoms with van der Waals surface area (Å²) in [5, 5.41) is 8.80. The lowest BCUT2D eigenvalue weighted by Gasteiger charge is -2.10.